The Hall–Kier alpha value is -2.22. The maximum atomic E-state index is 12.3. The van der Waals surface area contributed by atoms with Crippen molar-refractivity contribution < 1.29 is 23.8 Å². The Morgan fingerprint density at radius 3 is 2.15 bits per heavy atom. The Bertz CT molecular complexity index is 845. The van der Waals surface area contributed by atoms with Crippen molar-refractivity contribution in [3.05, 3.63) is 63.7 Å². The number of halogens is 1. The van der Waals surface area contributed by atoms with Crippen LogP contribution >= 0.6 is 20.7 Å². The highest BCUT2D eigenvalue weighted by atomic mass is 127. The fourth-order valence-electron chi connectivity index (χ4n) is 3.17. The molecule has 1 spiro atoms. The zero-order valence-corrected chi connectivity index (χ0v) is 16.8. The van der Waals surface area contributed by atoms with Gasteiger partial charge in [-0.25, -0.2) is 9.59 Å². The monoisotopic (exact) mass is 478 g/mol. The van der Waals surface area contributed by atoms with Crippen LogP contribution in [0.5, 0.6) is 5.75 Å². The van der Waals surface area contributed by atoms with Gasteiger partial charge in [-0.1, -0.05) is 51.1 Å². The first-order valence-electron chi connectivity index (χ1n) is 8.89. The summed E-state index contributed by atoms with van der Waals surface area (Å²) in [7, 11) is 0. The second-order valence-corrected chi connectivity index (χ2v) is 9.40. The molecule has 140 valence electrons. The van der Waals surface area contributed by atoms with Gasteiger partial charge in [-0.05, 0) is 42.7 Å². The molecule has 0 N–H and O–H groups in total. The Morgan fingerprint density at radius 1 is 0.889 bits per heavy atom. The van der Waals surface area contributed by atoms with Crippen molar-refractivity contribution in [2.45, 2.75) is 38.1 Å². The number of carbonyl (C=O) groups is 2. The van der Waals surface area contributed by atoms with Gasteiger partial charge in [0, 0.05) is 16.4 Å². The predicted molar refractivity (Wildman–Crippen MR) is 108 cm³/mol. The molecule has 6 heteroatoms. The van der Waals surface area contributed by atoms with Crippen LogP contribution in [0.25, 0.3) is 0 Å². The Kier molecular flexibility index (Phi) is 5.24. The minimum absolute atomic E-state index is 0.157. The fraction of sp³-hybridized carbons (Fsp3) is 0.286. The van der Waals surface area contributed by atoms with E-state index in [4.69, 9.17) is 14.2 Å². The molecular formula is C21H19IO5. The van der Waals surface area contributed by atoms with Crippen LogP contribution in [0.1, 0.15) is 31.2 Å². The molecule has 27 heavy (non-hydrogen) atoms. The maximum Gasteiger partial charge on any atom is 0.354 e. The van der Waals surface area contributed by atoms with Crippen molar-refractivity contribution in [1.29, 1.82) is 0 Å². The molecule has 4 rings (SSSR count). The fourth-order valence-corrected chi connectivity index (χ4v) is 5.17. The van der Waals surface area contributed by atoms with Gasteiger partial charge in [-0.3, -0.25) is 0 Å². The van der Waals surface area contributed by atoms with E-state index in [1.165, 1.54) is 0 Å². The number of ether oxygens (including phenoxy) is 3. The van der Waals surface area contributed by atoms with E-state index in [1.807, 2.05) is 54.6 Å². The highest BCUT2D eigenvalue weighted by Crippen LogP contribution is 2.37. The molecule has 0 unspecified atom stereocenters. The van der Waals surface area contributed by atoms with Gasteiger partial charge in [0.15, 0.2) is 3.51 Å². The van der Waals surface area contributed by atoms with E-state index in [0.29, 0.717) is 19.4 Å². The molecule has 2 aromatic rings. The highest BCUT2D eigenvalue weighted by molar-refractivity contribution is 14.2. The summed E-state index contributed by atoms with van der Waals surface area (Å²) in [6.07, 6.45) is 3.03. The summed E-state index contributed by atoms with van der Waals surface area (Å²) in [5.74, 6) is -1.28. The molecule has 1 saturated heterocycles. The smallest absolute Gasteiger partial charge is 0.354 e. The molecule has 2 aromatic carbocycles. The Labute approximate surface area is 167 Å². The third kappa shape index (κ3) is 4.21. The molecule has 1 saturated carbocycles. The van der Waals surface area contributed by atoms with Gasteiger partial charge in [-0.2, -0.15) is 0 Å². The van der Waals surface area contributed by atoms with E-state index in [2.05, 4.69) is 0 Å². The molecule has 1 aliphatic carbocycles. The zero-order valence-electron chi connectivity index (χ0n) is 14.7. The predicted octanol–water partition coefficient (Wildman–Crippen LogP) is 3.95. The molecule has 5 nitrogen and oxygen atoms in total. The van der Waals surface area contributed by atoms with Gasteiger partial charge in [0.2, 0.25) is 0 Å². The van der Waals surface area contributed by atoms with Crippen LogP contribution in [0.15, 0.2) is 54.6 Å². The van der Waals surface area contributed by atoms with Gasteiger partial charge in [0.05, 0.1) is 0 Å². The van der Waals surface area contributed by atoms with Crippen LogP contribution in [0.4, 0.5) is 0 Å². The van der Waals surface area contributed by atoms with Gasteiger partial charge in [0.1, 0.15) is 12.4 Å². The highest BCUT2D eigenvalue weighted by Gasteiger charge is 2.48. The number of rotatable bonds is 4. The lowest BCUT2D eigenvalue weighted by molar-refractivity contribution is -0.224. The summed E-state index contributed by atoms with van der Waals surface area (Å²) >= 11 is -0.962. The van der Waals surface area contributed by atoms with Crippen LogP contribution < -0.4 is 4.74 Å². The summed E-state index contributed by atoms with van der Waals surface area (Å²) in [5.41, 5.74) is 1.10. The lowest BCUT2D eigenvalue weighted by atomic mass is 10.2. The minimum atomic E-state index is -1.00. The van der Waals surface area contributed by atoms with E-state index < -0.39 is 38.5 Å². The molecule has 0 aromatic heterocycles. The molecular weight excluding hydrogens is 459 g/mol. The van der Waals surface area contributed by atoms with Crippen LogP contribution in [-0.4, -0.2) is 21.2 Å². The normalized spacial score (nSPS) is 18.3. The second kappa shape index (κ2) is 7.80. The maximum absolute atomic E-state index is 12.3. The molecule has 1 aliphatic heterocycles. The topological polar surface area (TPSA) is 61.8 Å². The molecule has 2 fully saturated rings. The van der Waals surface area contributed by atoms with Crippen molar-refractivity contribution in [2.75, 3.05) is 0 Å². The van der Waals surface area contributed by atoms with Crippen LogP contribution in [-0.2, 0) is 25.7 Å². The Balaban J connectivity index is 1.43. The molecule has 0 amide bonds. The number of carbonyl (C=O) groups excluding carboxylic acids is 2. The number of hydrogen-bond donors (Lipinski definition) is 0. The molecule has 0 bridgehead atoms. The first-order valence-corrected chi connectivity index (χ1v) is 11.0. The van der Waals surface area contributed by atoms with Crippen molar-refractivity contribution in [2.24, 2.45) is 0 Å². The van der Waals surface area contributed by atoms with Crippen LogP contribution in [0.2, 0.25) is 0 Å². The molecule has 0 atom stereocenters. The summed E-state index contributed by atoms with van der Waals surface area (Å²) in [5, 5.41) is 0. The number of benzene rings is 2. The quantitative estimate of drug-likeness (QED) is 0.492. The largest absolute Gasteiger partial charge is 0.489 e. The molecule has 2 aliphatic rings. The second-order valence-electron chi connectivity index (χ2n) is 6.53. The summed E-state index contributed by atoms with van der Waals surface area (Å²) in [4.78, 5) is 24.7. The summed E-state index contributed by atoms with van der Waals surface area (Å²) < 4.78 is 17.8. The SMILES string of the molecule is O=C1OC2(CCCC2)OC(=O)C1=Ic1ccc(OCc2ccccc2)cc1. The Morgan fingerprint density at radius 2 is 1.52 bits per heavy atom. The van der Waals surface area contributed by atoms with Gasteiger partial charge >= 0.3 is 11.9 Å². The van der Waals surface area contributed by atoms with Gasteiger partial charge < -0.3 is 14.2 Å². The standard InChI is InChI=1S/C21H19IO5/c23-19-18(20(24)27-21(26-19)12-4-5-13-21)22-16-8-10-17(11-9-16)25-14-15-6-2-1-3-7-15/h1-3,6-11H,4-5,12-14H2. The van der Waals surface area contributed by atoms with Crippen LogP contribution in [0, 0.1) is 3.57 Å². The third-order valence-corrected chi connectivity index (χ3v) is 7.31. The van der Waals surface area contributed by atoms with Crippen molar-refractivity contribution in [3.63, 3.8) is 0 Å². The van der Waals surface area contributed by atoms with Crippen molar-refractivity contribution in [3.8, 4) is 5.75 Å². The number of esters is 2. The molecule has 0 radical (unpaired) electrons. The zero-order chi connectivity index (χ0) is 18.7. The van der Waals surface area contributed by atoms with E-state index in [1.54, 1.807) is 0 Å². The van der Waals surface area contributed by atoms with Crippen molar-refractivity contribution in [1.82, 2.24) is 0 Å². The van der Waals surface area contributed by atoms with Gasteiger partial charge in [-0.15, -0.1) is 0 Å². The third-order valence-electron chi connectivity index (χ3n) is 4.55. The lowest BCUT2D eigenvalue weighted by Crippen LogP contribution is -2.48. The average molecular weight is 478 g/mol. The van der Waals surface area contributed by atoms with E-state index in [-0.39, 0.29) is 3.51 Å². The van der Waals surface area contributed by atoms with E-state index >= 15 is 0 Å². The number of hydrogen-bond acceptors (Lipinski definition) is 5. The first kappa shape index (κ1) is 18.2. The van der Waals surface area contributed by atoms with Crippen LogP contribution in [0.3, 0.4) is 0 Å². The summed E-state index contributed by atoms with van der Waals surface area (Å²) in [6, 6.07) is 17.4. The first-order chi connectivity index (χ1) is 13.1. The lowest BCUT2D eigenvalue weighted by Gasteiger charge is -2.32. The average Bonchev–Trinajstić information content (AvgIpc) is 3.12. The summed E-state index contributed by atoms with van der Waals surface area (Å²) in [6.45, 7) is 0.493. The minimum Gasteiger partial charge on any atom is -0.489 e. The van der Waals surface area contributed by atoms with Gasteiger partial charge in [0.25, 0.3) is 5.79 Å². The van der Waals surface area contributed by atoms with Crippen molar-refractivity contribution >= 4 is 36.2 Å². The van der Waals surface area contributed by atoms with E-state index in [9.17, 15) is 9.59 Å². The molecule has 1 heterocycles. The van der Waals surface area contributed by atoms with E-state index in [0.717, 1.165) is 27.7 Å².